The molecule has 3 heteroatoms. The molecule has 104 valence electrons. The molecule has 1 aromatic rings. The fraction of sp³-hybridized carbons (Fsp3) is 0.625. The first-order chi connectivity index (χ1) is 9.33. The lowest BCUT2D eigenvalue weighted by Crippen LogP contribution is -2.23. The zero-order valence-electron chi connectivity index (χ0n) is 11.8. The number of likely N-dealkylation sites (N-methyl/N-ethyl adjacent to an activating group) is 1. The molecule has 1 saturated carbocycles. The standard InChI is InChI=1S/C16H24N2O/c1-18(9-10-19-12-13-5-6-13)11-15-4-2-3-14-7-8-17-16(14)15/h2-4,13,17H,5-12H2,1H3. The van der Waals surface area contributed by atoms with Gasteiger partial charge in [-0.15, -0.1) is 0 Å². The van der Waals surface area contributed by atoms with E-state index in [1.165, 1.54) is 29.7 Å². The molecule has 1 fully saturated rings. The molecule has 0 atom stereocenters. The zero-order valence-corrected chi connectivity index (χ0v) is 11.8. The monoisotopic (exact) mass is 260 g/mol. The molecule has 1 aliphatic carbocycles. The van der Waals surface area contributed by atoms with Gasteiger partial charge in [0.25, 0.3) is 0 Å². The number of ether oxygens (including phenoxy) is 1. The lowest BCUT2D eigenvalue weighted by atomic mass is 10.1. The SMILES string of the molecule is CN(CCOCC1CC1)Cc1cccc2c1NCC2. The number of para-hydroxylation sites is 1. The molecule has 0 unspecified atom stereocenters. The molecule has 0 aromatic heterocycles. The van der Waals surface area contributed by atoms with Crippen LogP contribution in [0.25, 0.3) is 0 Å². The quantitative estimate of drug-likeness (QED) is 0.762. The highest BCUT2D eigenvalue weighted by atomic mass is 16.5. The van der Waals surface area contributed by atoms with E-state index in [1.807, 2.05) is 0 Å². The summed E-state index contributed by atoms with van der Waals surface area (Å²) in [7, 11) is 2.18. The Morgan fingerprint density at radius 2 is 2.26 bits per heavy atom. The normalized spacial score (nSPS) is 17.6. The average Bonchev–Trinajstić information content (AvgIpc) is 3.10. The van der Waals surface area contributed by atoms with Crippen LogP contribution in [0.4, 0.5) is 5.69 Å². The summed E-state index contributed by atoms with van der Waals surface area (Å²) in [6, 6.07) is 6.65. The highest BCUT2D eigenvalue weighted by molar-refractivity contribution is 5.61. The molecule has 2 aliphatic rings. The van der Waals surface area contributed by atoms with Gasteiger partial charge in [0.15, 0.2) is 0 Å². The van der Waals surface area contributed by atoms with E-state index in [2.05, 4.69) is 35.5 Å². The third-order valence-electron chi connectivity index (χ3n) is 4.04. The summed E-state index contributed by atoms with van der Waals surface area (Å²) in [6.45, 7) is 4.92. The van der Waals surface area contributed by atoms with Gasteiger partial charge in [0.1, 0.15) is 0 Å². The summed E-state index contributed by atoms with van der Waals surface area (Å²) < 4.78 is 5.70. The fourth-order valence-electron chi connectivity index (χ4n) is 2.67. The molecular weight excluding hydrogens is 236 g/mol. The van der Waals surface area contributed by atoms with Crippen molar-refractivity contribution in [3.05, 3.63) is 29.3 Å². The third kappa shape index (κ3) is 3.48. The van der Waals surface area contributed by atoms with Gasteiger partial charge in [0.05, 0.1) is 6.61 Å². The van der Waals surface area contributed by atoms with E-state index in [-0.39, 0.29) is 0 Å². The number of benzene rings is 1. The molecule has 19 heavy (non-hydrogen) atoms. The van der Waals surface area contributed by atoms with Gasteiger partial charge < -0.3 is 10.1 Å². The Hall–Kier alpha value is -1.06. The van der Waals surface area contributed by atoms with Crippen molar-refractivity contribution in [2.45, 2.75) is 25.8 Å². The lowest BCUT2D eigenvalue weighted by Gasteiger charge is -2.18. The second kappa shape index (κ2) is 5.93. The minimum Gasteiger partial charge on any atom is -0.384 e. The predicted octanol–water partition coefficient (Wildman–Crippen LogP) is 2.51. The number of hydrogen-bond acceptors (Lipinski definition) is 3. The van der Waals surface area contributed by atoms with Crippen molar-refractivity contribution in [3.63, 3.8) is 0 Å². The van der Waals surface area contributed by atoms with E-state index < -0.39 is 0 Å². The Labute approximate surface area is 115 Å². The van der Waals surface area contributed by atoms with Gasteiger partial charge in [0, 0.05) is 31.9 Å². The predicted molar refractivity (Wildman–Crippen MR) is 78.5 cm³/mol. The van der Waals surface area contributed by atoms with E-state index in [0.717, 1.165) is 45.2 Å². The molecule has 1 heterocycles. The molecule has 1 N–H and O–H groups in total. The number of anilines is 1. The van der Waals surface area contributed by atoms with Crippen LogP contribution in [0.3, 0.4) is 0 Å². The third-order valence-corrected chi connectivity index (χ3v) is 4.04. The molecular formula is C16H24N2O. The van der Waals surface area contributed by atoms with Crippen LogP contribution in [0.1, 0.15) is 24.0 Å². The van der Waals surface area contributed by atoms with Crippen LogP contribution in [0.2, 0.25) is 0 Å². The van der Waals surface area contributed by atoms with Crippen LogP contribution >= 0.6 is 0 Å². The van der Waals surface area contributed by atoms with Crippen molar-refractivity contribution in [1.82, 2.24) is 4.90 Å². The fourth-order valence-corrected chi connectivity index (χ4v) is 2.67. The summed E-state index contributed by atoms with van der Waals surface area (Å²) in [5, 5.41) is 3.51. The molecule has 3 rings (SSSR count). The summed E-state index contributed by atoms with van der Waals surface area (Å²) >= 11 is 0. The van der Waals surface area contributed by atoms with Gasteiger partial charge in [-0.05, 0) is 43.4 Å². The van der Waals surface area contributed by atoms with Crippen LogP contribution in [0.5, 0.6) is 0 Å². The van der Waals surface area contributed by atoms with Crippen LogP contribution < -0.4 is 5.32 Å². The minimum atomic E-state index is 0.857. The van der Waals surface area contributed by atoms with Gasteiger partial charge in [-0.25, -0.2) is 0 Å². The molecule has 1 aliphatic heterocycles. The minimum absolute atomic E-state index is 0.857. The van der Waals surface area contributed by atoms with E-state index >= 15 is 0 Å². The molecule has 0 radical (unpaired) electrons. The molecule has 3 nitrogen and oxygen atoms in total. The van der Waals surface area contributed by atoms with Gasteiger partial charge in [-0.2, -0.15) is 0 Å². The summed E-state index contributed by atoms with van der Waals surface area (Å²) in [4.78, 5) is 2.35. The van der Waals surface area contributed by atoms with Crippen molar-refractivity contribution < 1.29 is 4.74 Å². The lowest BCUT2D eigenvalue weighted by molar-refractivity contribution is 0.102. The summed E-state index contributed by atoms with van der Waals surface area (Å²) in [6.07, 6.45) is 3.91. The van der Waals surface area contributed by atoms with Gasteiger partial charge >= 0.3 is 0 Å². The van der Waals surface area contributed by atoms with Crippen molar-refractivity contribution in [1.29, 1.82) is 0 Å². The highest BCUT2D eigenvalue weighted by Gasteiger charge is 2.21. The van der Waals surface area contributed by atoms with Crippen LogP contribution in [0.15, 0.2) is 18.2 Å². The van der Waals surface area contributed by atoms with Crippen molar-refractivity contribution >= 4 is 5.69 Å². The Kier molecular flexibility index (Phi) is 4.04. The Bertz CT molecular complexity index is 429. The number of nitrogens with one attached hydrogen (secondary N) is 1. The second-order valence-electron chi connectivity index (χ2n) is 5.88. The maximum Gasteiger partial charge on any atom is 0.0593 e. The molecule has 0 amide bonds. The highest BCUT2D eigenvalue weighted by Crippen LogP contribution is 2.29. The van der Waals surface area contributed by atoms with E-state index in [0.29, 0.717) is 0 Å². The first kappa shape index (κ1) is 12.9. The topological polar surface area (TPSA) is 24.5 Å². The first-order valence-corrected chi connectivity index (χ1v) is 7.44. The average molecular weight is 260 g/mol. The number of hydrogen-bond donors (Lipinski definition) is 1. The molecule has 0 spiro atoms. The molecule has 0 saturated heterocycles. The number of nitrogens with zero attached hydrogens (tertiary/aromatic N) is 1. The van der Waals surface area contributed by atoms with Crippen molar-refractivity contribution in [2.24, 2.45) is 5.92 Å². The smallest absolute Gasteiger partial charge is 0.0593 e. The number of fused-ring (bicyclic) bond motifs is 1. The van der Waals surface area contributed by atoms with Crippen LogP contribution in [-0.4, -0.2) is 38.3 Å². The largest absolute Gasteiger partial charge is 0.384 e. The van der Waals surface area contributed by atoms with Crippen molar-refractivity contribution in [2.75, 3.05) is 38.7 Å². The van der Waals surface area contributed by atoms with Crippen LogP contribution in [-0.2, 0) is 17.7 Å². The maximum atomic E-state index is 5.70. The van der Waals surface area contributed by atoms with Crippen molar-refractivity contribution in [3.8, 4) is 0 Å². The van der Waals surface area contributed by atoms with E-state index in [9.17, 15) is 0 Å². The number of rotatable bonds is 7. The van der Waals surface area contributed by atoms with E-state index in [4.69, 9.17) is 4.74 Å². The Balaban J connectivity index is 1.46. The Morgan fingerprint density at radius 3 is 3.11 bits per heavy atom. The van der Waals surface area contributed by atoms with E-state index in [1.54, 1.807) is 0 Å². The molecule has 1 aromatic carbocycles. The van der Waals surface area contributed by atoms with Gasteiger partial charge in [-0.1, -0.05) is 18.2 Å². The van der Waals surface area contributed by atoms with Crippen LogP contribution in [0, 0.1) is 5.92 Å². The zero-order chi connectivity index (χ0) is 13.1. The Morgan fingerprint density at radius 1 is 1.37 bits per heavy atom. The van der Waals surface area contributed by atoms with Gasteiger partial charge in [0.2, 0.25) is 0 Å². The first-order valence-electron chi connectivity index (χ1n) is 7.44. The summed E-state index contributed by atoms with van der Waals surface area (Å²) in [5.41, 5.74) is 4.25. The van der Waals surface area contributed by atoms with Gasteiger partial charge in [-0.3, -0.25) is 4.90 Å². The maximum absolute atomic E-state index is 5.70. The molecule has 0 bridgehead atoms. The second-order valence-corrected chi connectivity index (χ2v) is 5.88. The summed E-state index contributed by atoms with van der Waals surface area (Å²) in [5.74, 6) is 0.867.